The van der Waals surface area contributed by atoms with Gasteiger partial charge in [-0.05, 0) is 61.5 Å². The summed E-state index contributed by atoms with van der Waals surface area (Å²) in [7, 11) is 0. The van der Waals surface area contributed by atoms with Crippen LogP contribution in [-0.4, -0.2) is 47.5 Å². The monoisotopic (exact) mass is 485 g/mol. The summed E-state index contributed by atoms with van der Waals surface area (Å²) >= 11 is 1.65. The predicted octanol–water partition coefficient (Wildman–Crippen LogP) is 4.61. The van der Waals surface area contributed by atoms with E-state index >= 15 is 0 Å². The molecule has 0 fully saturated rings. The fourth-order valence-electron chi connectivity index (χ4n) is 3.99. The zero-order valence-corrected chi connectivity index (χ0v) is 20.0. The molecular weight excluding hydrogens is 457 g/mol. The van der Waals surface area contributed by atoms with Crippen molar-refractivity contribution in [1.29, 1.82) is 0 Å². The maximum Gasteiger partial charge on any atom is 0.318 e. The van der Waals surface area contributed by atoms with Crippen molar-refractivity contribution in [2.75, 3.05) is 19.7 Å². The van der Waals surface area contributed by atoms with Crippen LogP contribution in [0.1, 0.15) is 36.1 Å². The second-order valence-electron chi connectivity index (χ2n) is 8.46. The third-order valence-electron chi connectivity index (χ3n) is 5.57. The molecule has 3 aromatic rings. The lowest BCUT2D eigenvalue weighted by Gasteiger charge is -2.37. The molecule has 0 saturated carbocycles. The Morgan fingerprint density at radius 1 is 1.29 bits per heavy atom. The van der Waals surface area contributed by atoms with Crippen LogP contribution in [0.5, 0.6) is 5.75 Å². The number of thiophene rings is 1. The molecule has 1 atom stereocenters. The van der Waals surface area contributed by atoms with Gasteiger partial charge in [-0.15, -0.1) is 11.3 Å². The average molecular weight is 486 g/mol. The number of benzene rings is 1. The average Bonchev–Trinajstić information content (AvgIpc) is 3.48. The number of carbonyl (C=O) groups excluding carboxylic acids is 2. The standard InChI is InChI=1S/C25H28FN3O4S/c1-17(2)27-25(31)28(14-20-7-4-11-32-20)15-24(30)29-10-8-23-21(9-12-34-23)22(29)16-33-19-6-3-5-18(26)13-19/h3-7,9,11-13,17,22H,8,10,14-16H2,1-2H3,(H,27,31)/t22-/m0/s1. The van der Waals surface area contributed by atoms with Crippen LogP contribution >= 0.6 is 11.3 Å². The Balaban J connectivity index is 1.51. The molecule has 34 heavy (non-hydrogen) atoms. The smallest absolute Gasteiger partial charge is 0.318 e. The first kappa shape index (κ1) is 23.8. The number of nitrogens with one attached hydrogen (secondary N) is 1. The quantitative estimate of drug-likeness (QED) is 0.506. The van der Waals surface area contributed by atoms with Gasteiger partial charge in [-0.3, -0.25) is 4.79 Å². The minimum atomic E-state index is -0.380. The first-order valence-corrected chi connectivity index (χ1v) is 12.1. The van der Waals surface area contributed by atoms with Gasteiger partial charge in [-0.25, -0.2) is 9.18 Å². The van der Waals surface area contributed by atoms with Gasteiger partial charge >= 0.3 is 6.03 Å². The van der Waals surface area contributed by atoms with Gasteiger partial charge in [0.1, 0.15) is 30.5 Å². The summed E-state index contributed by atoms with van der Waals surface area (Å²) in [5.74, 6) is 0.437. The van der Waals surface area contributed by atoms with E-state index < -0.39 is 0 Å². The Labute approximate surface area is 202 Å². The Hall–Kier alpha value is -3.33. The summed E-state index contributed by atoms with van der Waals surface area (Å²) in [5, 5.41) is 4.86. The molecule has 1 aliphatic heterocycles. The molecule has 0 aliphatic carbocycles. The van der Waals surface area contributed by atoms with E-state index in [1.54, 1.807) is 40.5 Å². The highest BCUT2D eigenvalue weighted by molar-refractivity contribution is 7.10. The molecule has 3 amide bonds. The van der Waals surface area contributed by atoms with Crippen molar-refractivity contribution in [3.8, 4) is 5.75 Å². The summed E-state index contributed by atoms with van der Waals surface area (Å²) in [6, 6.07) is 10.7. The van der Waals surface area contributed by atoms with Gasteiger partial charge in [-0.2, -0.15) is 0 Å². The van der Waals surface area contributed by atoms with E-state index in [2.05, 4.69) is 5.32 Å². The zero-order chi connectivity index (χ0) is 24.1. The number of furan rings is 1. The van der Waals surface area contributed by atoms with Crippen molar-refractivity contribution in [1.82, 2.24) is 15.1 Å². The molecule has 180 valence electrons. The lowest BCUT2D eigenvalue weighted by molar-refractivity contribution is -0.135. The molecule has 1 aromatic carbocycles. The molecule has 0 unspecified atom stereocenters. The van der Waals surface area contributed by atoms with Crippen molar-refractivity contribution >= 4 is 23.3 Å². The number of ether oxygens (including phenoxy) is 1. The van der Waals surface area contributed by atoms with E-state index in [4.69, 9.17) is 9.15 Å². The maximum absolute atomic E-state index is 13.6. The van der Waals surface area contributed by atoms with Crippen molar-refractivity contribution in [2.45, 2.75) is 38.9 Å². The second-order valence-corrected chi connectivity index (χ2v) is 9.46. The summed E-state index contributed by atoms with van der Waals surface area (Å²) < 4.78 is 24.9. The predicted molar refractivity (Wildman–Crippen MR) is 127 cm³/mol. The van der Waals surface area contributed by atoms with E-state index in [0.717, 1.165) is 12.0 Å². The molecule has 1 N–H and O–H groups in total. The van der Waals surface area contributed by atoms with Crippen LogP contribution in [0.4, 0.5) is 9.18 Å². The van der Waals surface area contributed by atoms with E-state index in [9.17, 15) is 14.0 Å². The first-order valence-electron chi connectivity index (χ1n) is 11.2. The molecule has 0 spiro atoms. The Kier molecular flexibility index (Phi) is 7.52. The van der Waals surface area contributed by atoms with Gasteiger partial charge in [0.25, 0.3) is 0 Å². The van der Waals surface area contributed by atoms with E-state index in [0.29, 0.717) is 18.1 Å². The summed E-state index contributed by atoms with van der Waals surface area (Å²) in [6.45, 7) is 4.52. The molecule has 0 saturated heterocycles. The maximum atomic E-state index is 13.6. The normalized spacial score (nSPS) is 15.2. The van der Waals surface area contributed by atoms with Crippen LogP contribution in [0, 0.1) is 5.82 Å². The van der Waals surface area contributed by atoms with Crippen LogP contribution < -0.4 is 10.1 Å². The van der Waals surface area contributed by atoms with Crippen LogP contribution in [-0.2, 0) is 17.8 Å². The Bertz CT molecular complexity index is 1120. The third-order valence-corrected chi connectivity index (χ3v) is 6.57. The highest BCUT2D eigenvalue weighted by Crippen LogP contribution is 2.34. The number of carbonyl (C=O) groups is 2. The number of urea groups is 1. The van der Waals surface area contributed by atoms with Crippen LogP contribution in [0.15, 0.2) is 58.5 Å². The largest absolute Gasteiger partial charge is 0.491 e. The number of hydrogen-bond donors (Lipinski definition) is 1. The first-order chi connectivity index (χ1) is 16.4. The zero-order valence-electron chi connectivity index (χ0n) is 19.2. The molecule has 1 aliphatic rings. The number of halogens is 1. The second kappa shape index (κ2) is 10.7. The van der Waals surface area contributed by atoms with Crippen molar-refractivity contribution < 1.29 is 23.1 Å². The molecule has 4 rings (SSSR count). The number of hydrogen-bond acceptors (Lipinski definition) is 5. The molecule has 2 aromatic heterocycles. The Morgan fingerprint density at radius 2 is 2.15 bits per heavy atom. The number of rotatable bonds is 8. The van der Waals surface area contributed by atoms with Gasteiger partial charge in [0.05, 0.1) is 18.8 Å². The SMILES string of the molecule is CC(C)NC(=O)N(CC(=O)N1CCc2sccc2[C@@H]1COc1cccc(F)c1)Cc1ccco1. The number of nitrogens with zero attached hydrogens (tertiary/aromatic N) is 2. The fourth-order valence-corrected chi connectivity index (χ4v) is 4.92. The van der Waals surface area contributed by atoms with Gasteiger partial charge in [0, 0.05) is 23.5 Å². The summed E-state index contributed by atoms with van der Waals surface area (Å²) in [5.41, 5.74) is 1.03. The van der Waals surface area contributed by atoms with Crippen LogP contribution in [0.3, 0.4) is 0 Å². The van der Waals surface area contributed by atoms with Gasteiger partial charge in [0.15, 0.2) is 0 Å². The minimum Gasteiger partial charge on any atom is -0.491 e. The van der Waals surface area contributed by atoms with E-state index in [1.807, 2.05) is 25.3 Å². The Morgan fingerprint density at radius 3 is 2.88 bits per heavy atom. The van der Waals surface area contributed by atoms with Gasteiger partial charge in [-0.1, -0.05) is 6.07 Å². The van der Waals surface area contributed by atoms with Gasteiger partial charge < -0.3 is 24.3 Å². The molecule has 9 heteroatoms. The highest BCUT2D eigenvalue weighted by Gasteiger charge is 2.33. The summed E-state index contributed by atoms with van der Waals surface area (Å²) in [6.07, 6.45) is 2.28. The number of fused-ring (bicyclic) bond motifs is 1. The highest BCUT2D eigenvalue weighted by atomic mass is 32.1. The molecule has 3 heterocycles. The molecule has 7 nitrogen and oxygen atoms in total. The number of amides is 3. The summed E-state index contributed by atoms with van der Waals surface area (Å²) in [4.78, 5) is 30.7. The van der Waals surface area contributed by atoms with Crippen LogP contribution in [0.25, 0.3) is 0 Å². The lowest BCUT2D eigenvalue weighted by Crippen LogP contribution is -2.50. The lowest BCUT2D eigenvalue weighted by atomic mass is 10.0. The third kappa shape index (κ3) is 5.77. The van der Waals surface area contributed by atoms with E-state index in [-0.39, 0.29) is 49.5 Å². The van der Waals surface area contributed by atoms with Crippen molar-refractivity contribution in [2.24, 2.45) is 0 Å². The molecule has 0 radical (unpaired) electrons. The van der Waals surface area contributed by atoms with Crippen molar-refractivity contribution in [3.63, 3.8) is 0 Å². The van der Waals surface area contributed by atoms with Crippen molar-refractivity contribution in [3.05, 3.63) is 76.1 Å². The molecular formula is C25H28FN3O4S. The van der Waals surface area contributed by atoms with Crippen LogP contribution in [0.2, 0.25) is 0 Å². The fraction of sp³-hybridized carbons (Fsp3) is 0.360. The van der Waals surface area contributed by atoms with E-state index in [1.165, 1.54) is 28.2 Å². The van der Waals surface area contributed by atoms with Gasteiger partial charge in [0.2, 0.25) is 5.91 Å². The topological polar surface area (TPSA) is 75.0 Å². The minimum absolute atomic E-state index is 0.0718. The molecule has 0 bridgehead atoms.